The molecule has 1 aromatic heterocycles. The van der Waals surface area contributed by atoms with Crippen molar-refractivity contribution >= 4 is 22.7 Å². The average Bonchev–Trinajstić information content (AvgIpc) is 3.67. The van der Waals surface area contributed by atoms with Crippen LogP contribution in [0.25, 0.3) is 0 Å². The molecule has 0 amide bonds. The number of hydrogen-bond donors (Lipinski definition) is 2. The zero-order chi connectivity index (χ0) is 35.8. The molecular weight excluding hydrogens is 655 g/mol. The molecule has 2 heterocycles. The van der Waals surface area contributed by atoms with E-state index in [0.29, 0.717) is 26.1 Å². The Morgan fingerprint density at radius 1 is 0.780 bits per heavy atom. The van der Waals surface area contributed by atoms with Crippen LogP contribution < -0.4 is 5.46 Å². The minimum absolute atomic E-state index is 0.0634. The highest BCUT2D eigenvalue weighted by atomic mass is 32.2. The summed E-state index contributed by atoms with van der Waals surface area (Å²) in [4.78, 5) is 0.205. The van der Waals surface area contributed by atoms with Crippen LogP contribution in [0.4, 0.5) is 0 Å². The molecule has 0 radical (unpaired) electrons. The standard InChI is InChI=1S/C18H20O4S.C11H14O2.C9H15BN2O2/c1-14-7-9-18(10-8-14)23(19,20)22-17-11-16(12-17)21-13-15-5-3-2-4-6-15;12-10-6-11(7-10)13-8-9-4-2-1-3-5-9;1-8(2)9(3,4)14-10(13-8)7-5-11-12-6-7/h2-10,16-17H,11-13H2,1H3;1-5,10-12H,6-8H2;5-6H,1-4H3,(H,11,12). The van der Waals surface area contributed by atoms with E-state index >= 15 is 0 Å². The molecule has 1 aliphatic heterocycles. The number of ether oxygens (including phenoxy) is 2. The van der Waals surface area contributed by atoms with Crippen LogP contribution in [0.1, 0.15) is 70.1 Å². The van der Waals surface area contributed by atoms with E-state index in [1.54, 1.807) is 36.7 Å². The topological polar surface area (TPSA) is 129 Å². The lowest BCUT2D eigenvalue weighted by atomic mass is 9.82. The molecule has 268 valence electrons. The predicted octanol–water partition coefficient (Wildman–Crippen LogP) is 5.88. The van der Waals surface area contributed by atoms with Crippen LogP contribution in [0.5, 0.6) is 0 Å². The van der Waals surface area contributed by atoms with Crippen molar-refractivity contribution in [1.82, 2.24) is 10.2 Å². The Morgan fingerprint density at radius 3 is 1.74 bits per heavy atom. The molecule has 0 atom stereocenters. The molecule has 3 fully saturated rings. The minimum Gasteiger partial charge on any atom is -0.399 e. The van der Waals surface area contributed by atoms with E-state index in [1.165, 1.54) is 5.56 Å². The molecule has 2 saturated carbocycles. The van der Waals surface area contributed by atoms with Crippen molar-refractivity contribution in [2.75, 3.05) is 0 Å². The van der Waals surface area contributed by atoms with Gasteiger partial charge in [-0.3, -0.25) is 9.28 Å². The maximum atomic E-state index is 12.2. The average molecular weight is 705 g/mol. The fraction of sp³-hybridized carbons (Fsp3) is 0.447. The fourth-order valence-corrected chi connectivity index (χ4v) is 6.39. The van der Waals surface area contributed by atoms with Crippen molar-refractivity contribution < 1.29 is 36.5 Å². The van der Waals surface area contributed by atoms with E-state index in [9.17, 15) is 8.42 Å². The summed E-state index contributed by atoms with van der Waals surface area (Å²) < 4.78 is 52.6. The second-order valence-electron chi connectivity index (χ2n) is 14.0. The van der Waals surface area contributed by atoms with Crippen molar-refractivity contribution in [2.45, 2.75) is 114 Å². The van der Waals surface area contributed by atoms with Crippen LogP contribution in [-0.2, 0) is 46.3 Å². The lowest BCUT2D eigenvalue weighted by Crippen LogP contribution is -2.41. The number of H-pyrrole nitrogens is 1. The van der Waals surface area contributed by atoms with Crippen molar-refractivity contribution in [1.29, 1.82) is 0 Å². The van der Waals surface area contributed by atoms with E-state index < -0.39 is 10.1 Å². The number of rotatable bonds is 10. The summed E-state index contributed by atoms with van der Waals surface area (Å²) >= 11 is 0. The zero-order valence-corrected chi connectivity index (χ0v) is 30.3. The highest BCUT2D eigenvalue weighted by Gasteiger charge is 2.52. The first-order chi connectivity index (χ1) is 23.8. The molecule has 50 heavy (non-hydrogen) atoms. The molecule has 0 unspecified atom stereocenters. The Balaban J connectivity index is 0.000000155. The van der Waals surface area contributed by atoms with Crippen LogP contribution in [0.3, 0.4) is 0 Å². The van der Waals surface area contributed by atoms with E-state index in [-0.39, 0.29) is 47.6 Å². The van der Waals surface area contributed by atoms with Gasteiger partial charge in [0.15, 0.2) is 0 Å². The summed E-state index contributed by atoms with van der Waals surface area (Å²) in [6.07, 6.45) is 6.26. The summed E-state index contributed by atoms with van der Waals surface area (Å²) in [5, 5.41) is 15.7. The Morgan fingerprint density at radius 2 is 1.28 bits per heavy atom. The quantitative estimate of drug-likeness (QED) is 0.154. The van der Waals surface area contributed by atoms with Crippen LogP contribution in [0.15, 0.2) is 102 Å². The Bertz CT molecular complexity index is 1680. The number of aliphatic hydroxyl groups is 1. The van der Waals surface area contributed by atoms with Gasteiger partial charge in [-0.05, 0) is 70.7 Å². The van der Waals surface area contributed by atoms with Gasteiger partial charge in [-0.1, -0.05) is 78.4 Å². The van der Waals surface area contributed by atoms with Crippen molar-refractivity contribution in [2.24, 2.45) is 0 Å². The summed E-state index contributed by atoms with van der Waals surface area (Å²) in [7, 11) is -3.99. The third-order valence-corrected chi connectivity index (χ3v) is 10.8. The molecule has 4 aromatic rings. The van der Waals surface area contributed by atoms with Gasteiger partial charge >= 0.3 is 7.12 Å². The Kier molecular flexibility index (Phi) is 12.7. The van der Waals surface area contributed by atoms with Crippen LogP contribution in [0, 0.1) is 6.92 Å². The fourth-order valence-electron chi connectivity index (χ4n) is 5.29. The second-order valence-corrected chi connectivity index (χ2v) is 15.6. The van der Waals surface area contributed by atoms with Gasteiger partial charge in [-0.25, -0.2) is 0 Å². The highest BCUT2D eigenvalue weighted by Crippen LogP contribution is 2.36. The molecule has 10 nitrogen and oxygen atoms in total. The van der Waals surface area contributed by atoms with E-state index in [4.69, 9.17) is 28.1 Å². The molecule has 2 N–H and O–H groups in total. The maximum absolute atomic E-state index is 12.2. The van der Waals surface area contributed by atoms with Gasteiger partial charge in [0.2, 0.25) is 0 Å². The molecule has 3 aliphatic rings. The van der Waals surface area contributed by atoms with Crippen LogP contribution in [0.2, 0.25) is 0 Å². The monoisotopic (exact) mass is 704 g/mol. The van der Waals surface area contributed by atoms with E-state index in [2.05, 4.69) is 22.3 Å². The first-order valence-electron chi connectivity index (χ1n) is 17.1. The molecule has 0 spiro atoms. The van der Waals surface area contributed by atoms with Gasteiger partial charge in [-0.15, -0.1) is 0 Å². The minimum atomic E-state index is -3.68. The Hall–Kier alpha value is -3.36. The lowest BCUT2D eigenvalue weighted by Gasteiger charge is -2.34. The van der Waals surface area contributed by atoms with Crippen LogP contribution in [-0.4, -0.2) is 66.5 Å². The Labute approximate surface area is 296 Å². The predicted molar refractivity (Wildman–Crippen MR) is 192 cm³/mol. The number of hydrogen-bond acceptors (Lipinski definition) is 9. The number of nitrogens with zero attached hydrogens (tertiary/aromatic N) is 1. The van der Waals surface area contributed by atoms with Gasteiger partial charge < -0.3 is 23.9 Å². The van der Waals surface area contributed by atoms with E-state index in [1.807, 2.05) is 83.1 Å². The molecule has 3 aromatic carbocycles. The number of benzene rings is 3. The smallest absolute Gasteiger partial charge is 0.399 e. The van der Waals surface area contributed by atoms with Crippen molar-refractivity contribution in [3.05, 3.63) is 114 Å². The van der Waals surface area contributed by atoms with Gasteiger partial charge in [-0.2, -0.15) is 13.5 Å². The molecule has 12 heteroatoms. The van der Waals surface area contributed by atoms with Gasteiger partial charge in [0, 0.05) is 30.7 Å². The molecule has 7 rings (SSSR count). The van der Waals surface area contributed by atoms with Crippen molar-refractivity contribution in [3.8, 4) is 0 Å². The zero-order valence-electron chi connectivity index (χ0n) is 29.5. The molecule has 2 aliphatic carbocycles. The normalized spacial score (nSPS) is 23.4. The second kappa shape index (κ2) is 16.8. The number of aryl methyl sites for hydroxylation is 1. The lowest BCUT2D eigenvalue weighted by molar-refractivity contribution is -0.0778. The summed E-state index contributed by atoms with van der Waals surface area (Å²) in [6.45, 7) is 11.3. The number of aromatic nitrogens is 2. The number of nitrogens with one attached hydrogen (secondary N) is 1. The van der Waals surface area contributed by atoms with Crippen molar-refractivity contribution in [3.63, 3.8) is 0 Å². The van der Waals surface area contributed by atoms with Gasteiger partial charge in [0.1, 0.15) is 0 Å². The third kappa shape index (κ3) is 10.6. The number of aromatic amines is 1. The van der Waals surface area contributed by atoms with Gasteiger partial charge in [0.05, 0.1) is 53.7 Å². The highest BCUT2D eigenvalue weighted by molar-refractivity contribution is 7.86. The van der Waals surface area contributed by atoms with Crippen LogP contribution >= 0.6 is 0 Å². The third-order valence-electron chi connectivity index (χ3n) is 9.40. The van der Waals surface area contributed by atoms with E-state index in [0.717, 1.165) is 29.4 Å². The molecular formula is C38H49BN2O8S. The summed E-state index contributed by atoms with van der Waals surface area (Å²) in [5.41, 5.74) is 3.70. The number of aliphatic hydroxyl groups excluding tert-OH is 1. The molecule has 1 saturated heterocycles. The SMILES string of the molecule is CC1(C)OB(c2cn[nH]c2)OC1(C)C.Cc1ccc(S(=O)(=O)OC2CC(OCc3ccccc3)C2)cc1.OC1CC(OCc2ccccc2)C1. The summed E-state index contributed by atoms with van der Waals surface area (Å²) in [5.74, 6) is 0. The largest absolute Gasteiger partial charge is 0.498 e. The first-order valence-corrected chi connectivity index (χ1v) is 18.5. The molecule has 0 bridgehead atoms. The first kappa shape index (κ1) is 37.9. The maximum Gasteiger partial charge on any atom is 0.498 e. The van der Waals surface area contributed by atoms with Gasteiger partial charge in [0.25, 0.3) is 10.1 Å². The summed E-state index contributed by atoms with van der Waals surface area (Å²) in [6, 6.07) is 26.7.